The van der Waals surface area contributed by atoms with Gasteiger partial charge < -0.3 is 5.73 Å². The molecular formula is C9H9N5O. The summed E-state index contributed by atoms with van der Waals surface area (Å²) in [6.07, 6.45) is 4.99. The second kappa shape index (κ2) is 3.79. The molecule has 2 aromatic heterocycles. The van der Waals surface area contributed by atoms with E-state index < -0.39 is 6.03 Å². The topological polar surface area (TPSA) is 84.8 Å². The van der Waals surface area contributed by atoms with E-state index in [1.807, 2.05) is 28.8 Å². The Kier molecular flexibility index (Phi) is 2.32. The van der Waals surface area contributed by atoms with Crippen molar-refractivity contribution >= 4 is 17.9 Å². The lowest BCUT2D eigenvalue weighted by Gasteiger charge is -1.94. The number of carbonyl (C=O) groups excluding carboxylic acids is 1. The first-order valence-electron chi connectivity index (χ1n) is 4.28. The van der Waals surface area contributed by atoms with Gasteiger partial charge in [0, 0.05) is 6.20 Å². The summed E-state index contributed by atoms with van der Waals surface area (Å²) in [4.78, 5) is 14.5. The molecule has 0 atom stereocenters. The second-order valence-electron chi connectivity index (χ2n) is 2.85. The van der Waals surface area contributed by atoms with Gasteiger partial charge in [0.1, 0.15) is 5.65 Å². The molecule has 0 fully saturated rings. The molecule has 6 nitrogen and oxygen atoms in total. The SMILES string of the molecule is NC(=O)N/N=C/c1cnc2ccccn12. The van der Waals surface area contributed by atoms with Crippen molar-refractivity contribution in [2.75, 3.05) is 0 Å². The average molecular weight is 203 g/mol. The summed E-state index contributed by atoms with van der Waals surface area (Å²) >= 11 is 0. The predicted molar refractivity (Wildman–Crippen MR) is 55.5 cm³/mol. The molecular weight excluding hydrogens is 194 g/mol. The van der Waals surface area contributed by atoms with E-state index in [1.54, 1.807) is 6.20 Å². The van der Waals surface area contributed by atoms with E-state index in [1.165, 1.54) is 6.21 Å². The van der Waals surface area contributed by atoms with Gasteiger partial charge in [0.15, 0.2) is 0 Å². The summed E-state index contributed by atoms with van der Waals surface area (Å²) in [6, 6.07) is 4.96. The van der Waals surface area contributed by atoms with Crippen LogP contribution in [0.2, 0.25) is 0 Å². The molecule has 0 aliphatic carbocycles. The number of hydrogen-bond acceptors (Lipinski definition) is 3. The summed E-state index contributed by atoms with van der Waals surface area (Å²) in [7, 11) is 0. The van der Waals surface area contributed by atoms with Crippen LogP contribution in [0.5, 0.6) is 0 Å². The average Bonchev–Trinajstić information content (AvgIpc) is 2.62. The van der Waals surface area contributed by atoms with Gasteiger partial charge >= 0.3 is 6.03 Å². The predicted octanol–water partition coefficient (Wildman–Crippen LogP) is 0.336. The number of hydrogen-bond donors (Lipinski definition) is 2. The van der Waals surface area contributed by atoms with Crippen molar-refractivity contribution in [1.29, 1.82) is 0 Å². The quantitative estimate of drug-likeness (QED) is 0.544. The highest BCUT2D eigenvalue weighted by Gasteiger charge is 1.98. The number of rotatable bonds is 2. The van der Waals surface area contributed by atoms with Crippen LogP contribution in [-0.4, -0.2) is 21.6 Å². The Balaban J connectivity index is 2.28. The fourth-order valence-corrected chi connectivity index (χ4v) is 1.21. The number of nitrogens with zero attached hydrogens (tertiary/aromatic N) is 3. The Morgan fingerprint density at radius 1 is 1.60 bits per heavy atom. The van der Waals surface area contributed by atoms with E-state index in [0.717, 1.165) is 11.3 Å². The maximum absolute atomic E-state index is 10.4. The van der Waals surface area contributed by atoms with Crippen LogP contribution in [0.15, 0.2) is 35.7 Å². The van der Waals surface area contributed by atoms with Crippen molar-refractivity contribution in [1.82, 2.24) is 14.8 Å². The maximum atomic E-state index is 10.4. The number of fused-ring (bicyclic) bond motifs is 1. The van der Waals surface area contributed by atoms with E-state index in [-0.39, 0.29) is 0 Å². The highest BCUT2D eigenvalue weighted by atomic mass is 16.2. The van der Waals surface area contributed by atoms with Crippen molar-refractivity contribution < 1.29 is 4.79 Å². The molecule has 0 aromatic carbocycles. The normalized spacial score (nSPS) is 10.9. The zero-order chi connectivity index (χ0) is 10.7. The van der Waals surface area contributed by atoms with Crippen molar-refractivity contribution in [3.63, 3.8) is 0 Å². The van der Waals surface area contributed by atoms with Gasteiger partial charge in [-0.1, -0.05) is 6.07 Å². The van der Waals surface area contributed by atoms with Crippen LogP contribution in [0.25, 0.3) is 5.65 Å². The first kappa shape index (κ1) is 9.20. The fourth-order valence-electron chi connectivity index (χ4n) is 1.21. The number of nitrogens with two attached hydrogens (primary N) is 1. The molecule has 0 saturated heterocycles. The minimum atomic E-state index is -0.694. The van der Waals surface area contributed by atoms with Gasteiger partial charge in [-0.15, -0.1) is 0 Å². The molecule has 2 aromatic rings. The number of nitrogens with one attached hydrogen (secondary N) is 1. The molecule has 0 aliphatic heterocycles. The summed E-state index contributed by atoms with van der Waals surface area (Å²) < 4.78 is 1.84. The molecule has 0 saturated carbocycles. The van der Waals surface area contributed by atoms with Gasteiger partial charge in [0.25, 0.3) is 0 Å². The highest BCUT2D eigenvalue weighted by molar-refractivity contribution is 5.80. The number of urea groups is 1. The van der Waals surface area contributed by atoms with Gasteiger partial charge in [0.2, 0.25) is 0 Å². The standard InChI is InChI=1S/C9H9N5O/c10-9(15)13-12-6-7-5-11-8-3-1-2-4-14(7)8/h1-6H,(H3,10,13,15)/b12-6+. The summed E-state index contributed by atoms with van der Waals surface area (Å²) in [5, 5.41) is 3.65. The largest absolute Gasteiger partial charge is 0.350 e. The van der Waals surface area contributed by atoms with Gasteiger partial charge in [-0.3, -0.25) is 4.40 Å². The van der Waals surface area contributed by atoms with Crippen molar-refractivity contribution in [2.24, 2.45) is 10.8 Å². The first-order chi connectivity index (χ1) is 7.27. The van der Waals surface area contributed by atoms with Crippen LogP contribution >= 0.6 is 0 Å². The van der Waals surface area contributed by atoms with Crippen LogP contribution in [0.4, 0.5) is 4.79 Å². The van der Waals surface area contributed by atoms with Crippen LogP contribution < -0.4 is 11.2 Å². The van der Waals surface area contributed by atoms with Gasteiger partial charge in [-0.2, -0.15) is 5.10 Å². The minimum absolute atomic E-state index is 0.694. The first-order valence-corrected chi connectivity index (χ1v) is 4.28. The molecule has 0 radical (unpaired) electrons. The van der Waals surface area contributed by atoms with Gasteiger partial charge in [-0.05, 0) is 12.1 Å². The van der Waals surface area contributed by atoms with Gasteiger partial charge in [-0.25, -0.2) is 15.2 Å². The molecule has 0 spiro atoms. The molecule has 76 valence electrons. The molecule has 2 rings (SSSR count). The molecule has 2 amide bonds. The molecule has 15 heavy (non-hydrogen) atoms. The third-order valence-corrected chi connectivity index (χ3v) is 1.82. The number of amides is 2. The number of carbonyl (C=O) groups is 1. The van der Waals surface area contributed by atoms with Crippen molar-refractivity contribution in [2.45, 2.75) is 0 Å². The van der Waals surface area contributed by atoms with E-state index in [4.69, 9.17) is 5.73 Å². The third-order valence-electron chi connectivity index (χ3n) is 1.82. The van der Waals surface area contributed by atoms with Crippen LogP contribution in [0, 0.1) is 0 Å². The lowest BCUT2D eigenvalue weighted by molar-refractivity contribution is 0.249. The molecule has 6 heteroatoms. The van der Waals surface area contributed by atoms with E-state index in [0.29, 0.717) is 0 Å². The Morgan fingerprint density at radius 3 is 3.27 bits per heavy atom. The Labute approximate surface area is 85.4 Å². The number of imidazole rings is 1. The van der Waals surface area contributed by atoms with Crippen molar-refractivity contribution in [3.05, 3.63) is 36.3 Å². The lowest BCUT2D eigenvalue weighted by Crippen LogP contribution is -2.24. The monoisotopic (exact) mass is 203 g/mol. The van der Waals surface area contributed by atoms with Crippen LogP contribution in [-0.2, 0) is 0 Å². The van der Waals surface area contributed by atoms with E-state index in [9.17, 15) is 4.79 Å². The van der Waals surface area contributed by atoms with Crippen LogP contribution in [0.3, 0.4) is 0 Å². The highest BCUT2D eigenvalue weighted by Crippen LogP contribution is 2.03. The van der Waals surface area contributed by atoms with Gasteiger partial charge in [0.05, 0.1) is 18.1 Å². The molecule has 3 N–H and O–H groups in total. The lowest BCUT2D eigenvalue weighted by atomic mass is 10.4. The Hall–Kier alpha value is -2.37. The molecule has 0 unspecified atom stereocenters. The van der Waals surface area contributed by atoms with Crippen molar-refractivity contribution in [3.8, 4) is 0 Å². The zero-order valence-electron chi connectivity index (χ0n) is 7.79. The number of primary amides is 1. The maximum Gasteiger partial charge on any atom is 0.332 e. The Bertz CT molecular complexity index is 516. The Morgan fingerprint density at radius 2 is 2.47 bits per heavy atom. The smallest absolute Gasteiger partial charge is 0.332 e. The molecule has 0 bridgehead atoms. The van der Waals surface area contributed by atoms with Crippen LogP contribution in [0.1, 0.15) is 5.69 Å². The van der Waals surface area contributed by atoms with E-state index in [2.05, 4.69) is 15.5 Å². The van der Waals surface area contributed by atoms with E-state index >= 15 is 0 Å². The summed E-state index contributed by atoms with van der Waals surface area (Å²) in [6.45, 7) is 0. The molecule has 2 heterocycles. The summed E-state index contributed by atoms with van der Waals surface area (Å²) in [5.41, 5.74) is 8.55. The third kappa shape index (κ3) is 1.93. The number of hydrazone groups is 1. The fraction of sp³-hybridized carbons (Fsp3) is 0. The summed E-state index contributed by atoms with van der Waals surface area (Å²) in [5.74, 6) is 0. The number of pyridine rings is 1. The second-order valence-corrected chi connectivity index (χ2v) is 2.85. The molecule has 0 aliphatic rings. The minimum Gasteiger partial charge on any atom is -0.350 e. The number of aromatic nitrogens is 2. The zero-order valence-corrected chi connectivity index (χ0v) is 7.79.